The van der Waals surface area contributed by atoms with E-state index < -0.39 is 0 Å². The van der Waals surface area contributed by atoms with Crippen molar-refractivity contribution in [1.82, 2.24) is 14.9 Å². The molecule has 1 unspecified atom stereocenters. The number of nitrogens with zero attached hydrogens (tertiary/aromatic N) is 3. The molecule has 0 aliphatic carbocycles. The predicted molar refractivity (Wildman–Crippen MR) is 105 cm³/mol. The van der Waals surface area contributed by atoms with Gasteiger partial charge in [0, 0.05) is 43.9 Å². The molecule has 4 rings (SSSR count). The topological polar surface area (TPSA) is 64.6 Å². The highest BCUT2D eigenvalue weighted by Gasteiger charge is 2.42. The molecular formula is C22H27N3O3. The van der Waals surface area contributed by atoms with Gasteiger partial charge in [-0.15, -0.1) is 0 Å². The van der Waals surface area contributed by atoms with Gasteiger partial charge in [-0.25, -0.2) is 4.98 Å². The van der Waals surface area contributed by atoms with Crippen molar-refractivity contribution < 1.29 is 14.3 Å². The van der Waals surface area contributed by atoms with E-state index in [4.69, 9.17) is 9.47 Å². The Labute approximate surface area is 165 Å². The Kier molecular flexibility index (Phi) is 5.31. The second-order valence-corrected chi connectivity index (χ2v) is 7.92. The van der Waals surface area contributed by atoms with Crippen molar-refractivity contribution in [3.05, 3.63) is 53.5 Å². The van der Waals surface area contributed by atoms with Gasteiger partial charge in [-0.3, -0.25) is 9.78 Å². The molecule has 0 radical (unpaired) electrons. The predicted octanol–water partition coefficient (Wildman–Crippen LogP) is 3.33. The maximum absolute atomic E-state index is 13.0. The van der Waals surface area contributed by atoms with Crippen LogP contribution in [-0.4, -0.2) is 52.2 Å². The molecule has 6 heteroatoms. The maximum Gasteiger partial charge on any atom is 0.254 e. The third-order valence-electron chi connectivity index (χ3n) is 5.85. The van der Waals surface area contributed by atoms with Gasteiger partial charge in [-0.05, 0) is 38.3 Å². The van der Waals surface area contributed by atoms with Crippen LogP contribution in [0.15, 0.2) is 36.8 Å². The van der Waals surface area contributed by atoms with E-state index in [1.807, 2.05) is 30.9 Å². The molecule has 0 bridgehead atoms. The third kappa shape index (κ3) is 4.02. The molecule has 6 nitrogen and oxygen atoms in total. The number of ether oxygens (including phenoxy) is 2. The fourth-order valence-corrected chi connectivity index (χ4v) is 4.29. The van der Waals surface area contributed by atoms with Crippen molar-refractivity contribution in [2.24, 2.45) is 0 Å². The Balaban J connectivity index is 1.38. The lowest BCUT2D eigenvalue weighted by Crippen LogP contribution is -2.52. The van der Waals surface area contributed by atoms with E-state index >= 15 is 0 Å². The van der Waals surface area contributed by atoms with Crippen LogP contribution >= 0.6 is 0 Å². The number of aryl methyl sites for hydroxylation is 2. The Morgan fingerprint density at radius 3 is 2.79 bits per heavy atom. The molecule has 2 aliphatic heterocycles. The molecule has 1 spiro atoms. The number of hydrogen-bond donors (Lipinski definition) is 0. The fraction of sp³-hybridized carbons (Fsp3) is 0.500. The van der Waals surface area contributed by atoms with Crippen LogP contribution in [0.3, 0.4) is 0 Å². The summed E-state index contributed by atoms with van der Waals surface area (Å²) in [4.78, 5) is 23.2. The summed E-state index contributed by atoms with van der Waals surface area (Å²) in [5, 5.41) is 0. The van der Waals surface area contributed by atoms with E-state index in [1.54, 1.807) is 18.6 Å². The summed E-state index contributed by atoms with van der Waals surface area (Å²) in [7, 11) is 0. The van der Waals surface area contributed by atoms with Crippen molar-refractivity contribution in [3.8, 4) is 5.88 Å². The first-order valence-electron chi connectivity index (χ1n) is 9.98. The van der Waals surface area contributed by atoms with Crippen LogP contribution in [0.4, 0.5) is 0 Å². The van der Waals surface area contributed by atoms with E-state index in [0.717, 1.165) is 36.8 Å². The number of carbonyl (C=O) groups is 1. The average Bonchev–Trinajstić information content (AvgIpc) is 2.69. The first-order chi connectivity index (χ1) is 13.5. The van der Waals surface area contributed by atoms with Gasteiger partial charge in [0.2, 0.25) is 5.88 Å². The number of rotatable bonds is 3. The Morgan fingerprint density at radius 1 is 1.25 bits per heavy atom. The zero-order valence-electron chi connectivity index (χ0n) is 16.6. The molecule has 3 heterocycles. The number of carbonyl (C=O) groups excluding carboxylic acids is 1. The summed E-state index contributed by atoms with van der Waals surface area (Å²) in [6.07, 6.45) is 8.36. The SMILES string of the molecule is Cc1ccc(C(=O)N2CCC3(CC2)CC(Oc2cnccn2)CCO3)c(C)c1. The normalized spacial score (nSPS) is 21.5. The van der Waals surface area contributed by atoms with Crippen molar-refractivity contribution in [3.63, 3.8) is 0 Å². The van der Waals surface area contributed by atoms with Gasteiger partial charge in [-0.1, -0.05) is 17.7 Å². The van der Waals surface area contributed by atoms with E-state index in [-0.39, 0.29) is 17.6 Å². The lowest BCUT2D eigenvalue weighted by Gasteiger charge is -2.46. The molecule has 2 aromatic rings. The number of benzene rings is 1. The smallest absolute Gasteiger partial charge is 0.254 e. The second kappa shape index (κ2) is 7.87. The van der Waals surface area contributed by atoms with Crippen LogP contribution in [0, 0.1) is 13.8 Å². The second-order valence-electron chi connectivity index (χ2n) is 7.92. The lowest BCUT2D eigenvalue weighted by molar-refractivity contribution is -0.135. The summed E-state index contributed by atoms with van der Waals surface area (Å²) in [6.45, 7) is 6.15. The van der Waals surface area contributed by atoms with Crippen LogP contribution in [0.5, 0.6) is 5.88 Å². The highest BCUT2D eigenvalue weighted by Crippen LogP contribution is 2.36. The highest BCUT2D eigenvalue weighted by molar-refractivity contribution is 5.95. The molecule has 2 saturated heterocycles. The van der Waals surface area contributed by atoms with Crippen LogP contribution in [-0.2, 0) is 4.74 Å². The summed E-state index contributed by atoms with van der Waals surface area (Å²) in [5.41, 5.74) is 2.81. The first-order valence-corrected chi connectivity index (χ1v) is 9.98. The monoisotopic (exact) mass is 381 g/mol. The average molecular weight is 381 g/mol. The quantitative estimate of drug-likeness (QED) is 0.816. The van der Waals surface area contributed by atoms with Gasteiger partial charge in [-0.2, -0.15) is 0 Å². The maximum atomic E-state index is 13.0. The number of amides is 1. The fourth-order valence-electron chi connectivity index (χ4n) is 4.29. The number of likely N-dealkylation sites (tertiary alicyclic amines) is 1. The zero-order valence-corrected chi connectivity index (χ0v) is 16.6. The van der Waals surface area contributed by atoms with Crippen LogP contribution in [0.1, 0.15) is 47.2 Å². The van der Waals surface area contributed by atoms with Crippen LogP contribution in [0.2, 0.25) is 0 Å². The van der Waals surface area contributed by atoms with E-state index in [2.05, 4.69) is 16.0 Å². The van der Waals surface area contributed by atoms with E-state index in [0.29, 0.717) is 25.6 Å². The van der Waals surface area contributed by atoms with Crippen molar-refractivity contribution in [1.29, 1.82) is 0 Å². The first kappa shape index (κ1) is 18.9. The minimum atomic E-state index is -0.204. The Morgan fingerprint density at radius 2 is 2.07 bits per heavy atom. The van der Waals surface area contributed by atoms with Gasteiger partial charge >= 0.3 is 0 Å². The summed E-state index contributed by atoms with van der Waals surface area (Å²) in [5.74, 6) is 0.683. The summed E-state index contributed by atoms with van der Waals surface area (Å²) in [6, 6.07) is 6.01. The standard InChI is InChI=1S/C22H27N3O3/c1-16-3-4-19(17(2)13-16)21(26)25-10-6-22(7-11-25)14-18(5-12-27-22)28-20-15-23-8-9-24-20/h3-4,8-9,13,15,18H,5-7,10-12,14H2,1-2H3. The minimum Gasteiger partial charge on any atom is -0.473 e. The largest absolute Gasteiger partial charge is 0.473 e. The third-order valence-corrected chi connectivity index (χ3v) is 5.85. The molecule has 28 heavy (non-hydrogen) atoms. The summed E-state index contributed by atoms with van der Waals surface area (Å²) >= 11 is 0. The van der Waals surface area contributed by atoms with Crippen molar-refractivity contribution in [2.45, 2.75) is 51.2 Å². The number of hydrogen-bond acceptors (Lipinski definition) is 5. The van der Waals surface area contributed by atoms with Gasteiger partial charge in [0.05, 0.1) is 18.4 Å². The molecule has 1 aromatic carbocycles. The van der Waals surface area contributed by atoms with Crippen LogP contribution in [0.25, 0.3) is 0 Å². The number of piperidine rings is 1. The Hall–Kier alpha value is -2.47. The van der Waals surface area contributed by atoms with Gasteiger partial charge in [0.1, 0.15) is 6.10 Å². The number of aromatic nitrogens is 2. The molecule has 2 aliphatic rings. The highest BCUT2D eigenvalue weighted by atomic mass is 16.5. The lowest BCUT2D eigenvalue weighted by atomic mass is 9.83. The van der Waals surface area contributed by atoms with Crippen molar-refractivity contribution >= 4 is 5.91 Å². The van der Waals surface area contributed by atoms with Gasteiger partial charge in [0.15, 0.2) is 0 Å². The minimum absolute atomic E-state index is 0.0760. The zero-order chi connectivity index (χ0) is 19.6. The molecule has 0 saturated carbocycles. The van der Waals surface area contributed by atoms with E-state index in [9.17, 15) is 4.79 Å². The Bertz CT molecular complexity index is 832. The van der Waals surface area contributed by atoms with Gasteiger partial charge in [0.25, 0.3) is 5.91 Å². The van der Waals surface area contributed by atoms with E-state index in [1.165, 1.54) is 5.56 Å². The summed E-state index contributed by atoms with van der Waals surface area (Å²) < 4.78 is 12.2. The molecular weight excluding hydrogens is 354 g/mol. The van der Waals surface area contributed by atoms with Crippen molar-refractivity contribution in [2.75, 3.05) is 19.7 Å². The molecule has 1 atom stereocenters. The molecule has 1 aromatic heterocycles. The molecule has 148 valence electrons. The molecule has 0 N–H and O–H groups in total. The molecule has 2 fully saturated rings. The van der Waals surface area contributed by atoms with Crippen LogP contribution < -0.4 is 4.74 Å². The molecule has 1 amide bonds. The van der Waals surface area contributed by atoms with Gasteiger partial charge < -0.3 is 14.4 Å².